The molecule has 140 valence electrons. The number of nitrogens with zero attached hydrogens (tertiary/aromatic N) is 1. The van der Waals surface area contributed by atoms with E-state index < -0.39 is 15.6 Å². The molecule has 0 aliphatic carbocycles. The third-order valence-electron chi connectivity index (χ3n) is 4.26. The summed E-state index contributed by atoms with van der Waals surface area (Å²) in [5.41, 5.74) is 6.35. The quantitative estimate of drug-likeness (QED) is 0.766. The fourth-order valence-electron chi connectivity index (χ4n) is 2.76. The molecular weight excluding hydrogens is 338 g/mol. The zero-order valence-electron chi connectivity index (χ0n) is 15.1. The van der Waals surface area contributed by atoms with Crippen molar-refractivity contribution in [2.45, 2.75) is 56.4 Å². The van der Waals surface area contributed by atoms with Crippen molar-refractivity contribution in [3.63, 3.8) is 0 Å². The van der Waals surface area contributed by atoms with Crippen molar-refractivity contribution >= 4 is 15.9 Å². The second kappa shape index (κ2) is 8.29. The van der Waals surface area contributed by atoms with Crippen LogP contribution in [-0.4, -0.2) is 43.8 Å². The molecular formula is C18H29N3O3S. The van der Waals surface area contributed by atoms with Crippen LogP contribution in [0.5, 0.6) is 0 Å². The first-order valence-corrected chi connectivity index (χ1v) is 10.3. The van der Waals surface area contributed by atoms with Gasteiger partial charge in [0.1, 0.15) is 0 Å². The molecule has 0 unspecified atom stereocenters. The summed E-state index contributed by atoms with van der Waals surface area (Å²) in [6.07, 6.45) is 3.86. The van der Waals surface area contributed by atoms with Gasteiger partial charge in [-0.05, 0) is 50.8 Å². The highest BCUT2D eigenvalue weighted by Crippen LogP contribution is 2.21. The first-order chi connectivity index (χ1) is 11.7. The number of nitrogens with one attached hydrogen (secondary N) is 1. The first kappa shape index (κ1) is 19.9. The lowest BCUT2D eigenvalue weighted by Gasteiger charge is -2.25. The van der Waals surface area contributed by atoms with Gasteiger partial charge in [-0.2, -0.15) is 4.31 Å². The molecule has 1 heterocycles. The molecule has 1 amide bonds. The second-order valence-electron chi connectivity index (χ2n) is 7.37. The molecule has 1 saturated heterocycles. The van der Waals surface area contributed by atoms with Crippen LogP contribution >= 0.6 is 0 Å². The summed E-state index contributed by atoms with van der Waals surface area (Å²) >= 11 is 0. The lowest BCUT2D eigenvalue weighted by atomic mass is 10.1. The van der Waals surface area contributed by atoms with E-state index in [2.05, 4.69) is 5.32 Å². The van der Waals surface area contributed by atoms with Crippen LogP contribution in [0, 0.1) is 0 Å². The van der Waals surface area contributed by atoms with Crippen LogP contribution in [0.15, 0.2) is 29.2 Å². The summed E-state index contributed by atoms with van der Waals surface area (Å²) in [6, 6.07) is 6.86. The molecule has 0 aromatic heterocycles. The minimum Gasteiger partial charge on any atom is -0.354 e. The third kappa shape index (κ3) is 6.09. The number of amides is 1. The smallest absolute Gasteiger partial charge is 0.243 e. The molecule has 0 radical (unpaired) electrons. The number of carbonyl (C=O) groups is 1. The number of aryl methyl sites for hydroxylation is 1. The van der Waals surface area contributed by atoms with Gasteiger partial charge in [0.05, 0.1) is 4.90 Å². The highest BCUT2D eigenvalue weighted by atomic mass is 32.2. The minimum atomic E-state index is -3.39. The number of piperidine rings is 1. The Balaban J connectivity index is 1.90. The van der Waals surface area contributed by atoms with Gasteiger partial charge < -0.3 is 11.1 Å². The average Bonchev–Trinajstić information content (AvgIpc) is 2.58. The molecule has 1 aromatic carbocycles. The van der Waals surface area contributed by atoms with E-state index >= 15 is 0 Å². The molecule has 0 saturated carbocycles. The summed E-state index contributed by atoms with van der Waals surface area (Å²) in [5, 5.41) is 2.81. The number of hydrogen-bond donors (Lipinski definition) is 2. The lowest BCUT2D eigenvalue weighted by Crippen LogP contribution is -2.45. The molecule has 0 bridgehead atoms. The molecule has 1 fully saturated rings. The Morgan fingerprint density at radius 3 is 2.32 bits per heavy atom. The molecule has 7 heteroatoms. The fraction of sp³-hybridized carbons (Fsp3) is 0.611. The normalized spacial score (nSPS) is 16.6. The predicted molar refractivity (Wildman–Crippen MR) is 98.6 cm³/mol. The van der Waals surface area contributed by atoms with Gasteiger partial charge >= 0.3 is 0 Å². The number of hydrogen-bond acceptors (Lipinski definition) is 4. The Hall–Kier alpha value is -1.44. The maximum atomic E-state index is 12.6. The SMILES string of the molecule is CC(C)(N)CNC(=O)CCc1ccc(S(=O)(=O)N2CCCCC2)cc1. The Morgan fingerprint density at radius 1 is 1.16 bits per heavy atom. The summed E-state index contributed by atoms with van der Waals surface area (Å²) in [6.45, 7) is 5.34. The van der Waals surface area contributed by atoms with Crippen LogP contribution in [0.3, 0.4) is 0 Å². The largest absolute Gasteiger partial charge is 0.354 e. The fourth-order valence-corrected chi connectivity index (χ4v) is 4.27. The molecule has 25 heavy (non-hydrogen) atoms. The van der Waals surface area contributed by atoms with Gasteiger partial charge in [0.25, 0.3) is 0 Å². The Kier molecular flexibility index (Phi) is 6.59. The molecule has 0 spiro atoms. The molecule has 1 aliphatic rings. The highest BCUT2D eigenvalue weighted by molar-refractivity contribution is 7.89. The standard InChI is InChI=1S/C18H29N3O3S/c1-18(2,19)14-20-17(22)11-8-15-6-9-16(10-7-15)25(23,24)21-12-4-3-5-13-21/h6-7,9-10H,3-5,8,11-14,19H2,1-2H3,(H,20,22). The van der Waals surface area contributed by atoms with Gasteiger partial charge in [-0.3, -0.25) is 4.79 Å². The van der Waals surface area contributed by atoms with Crippen LogP contribution < -0.4 is 11.1 Å². The zero-order valence-corrected chi connectivity index (χ0v) is 15.9. The maximum Gasteiger partial charge on any atom is 0.243 e. The molecule has 0 atom stereocenters. The molecule has 6 nitrogen and oxygen atoms in total. The van der Waals surface area contributed by atoms with Crippen molar-refractivity contribution in [3.8, 4) is 0 Å². The highest BCUT2D eigenvalue weighted by Gasteiger charge is 2.25. The number of carbonyl (C=O) groups excluding carboxylic acids is 1. The average molecular weight is 368 g/mol. The lowest BCUT2D eigenvalue weighted by molar-refractivity contribution is -0.121. The molecule has 3 N–H and O–H groups in total. The van der Waals surface area contributed by atoms with Crippen molar-refractivity contribution in [1.29, 1.82) is 0 Å². The molecule has 2 rings (SSSR count). The summed E-state index contributed by atoms with van der Waals surface area (Å²) < 4.78 is 26.8. The van der Waals surface area contributed by atoms with Gasteiger partial charge in [0, 0.05) is 31.6 Å². The number of sulfonamides is 1. The minimum absolute atomic E-state index is 0.0523. The van der Waals surface area contributed by atoms with Crippen LogP contribution in [0.4, 0.5) is 0 Å². The number of nitrogens with two attached hydrogens (primary N) is 1. The van der Waals surface area contributed by atoms with Crippen LogP contribution in [0.25, 0.3) is 0 Å². The van der Waals surface area contributed by atoms with Crippen molar-refractivity contribution in [1.82, 2.24) is 9.62 Å². The van der Waals surface area contributed by atoms with Crippen LogP contribution in [0.2, 0.25) is 0 Å². The Labute approximate surface area is 150 Å². The van der Waals surface area contributed by atoms with Crippen molar-refractivity contribution in [2.24, 2.45) is 5.73 Å². The first-order valence-electron chi connectivity index (χ1n) is 8.83. The number of benzene rings is 1. The van der Waals surface area contributed by atoms with E-state index in [1.807, 2.05) is 13.8 Å². The third-order valence-corrected chi connectivity index (χ3v) is 6.17. The van der Waals surface area contributed by atoms with E-state index in [-0.39, 0.29) is 5.91 Å². The van der Waals surface area contributed by atoms with Gasteiger partial charge in [0.2, 0.25) is 15.9 Å². The van der Waals surface area contributed by atoms with Gasteiger partial charge in [-0.1, -0.05) is 18.6 Å². The maximum absolute atomic E-state index is 12.6. The second-order valence-corrected chi connectivity index (χ2v) is 9.31. The van der Waals surface area contributed by atoms with Gasteiger partial charge in [-0.25, -0.2) is 8.42 Å². The van der Waals surface area contributed by atoms with E-state index in [1.165, 1.54) is 0 Å². The summed E-state index contributed by atoms with van der Waals surface area (Å²) in [4.78, 5) is 12.2. The van der Waals surface area contributed by atoms with E-state index in [0.29, 0.717) is 37.4 Å². The van der Waals surface area contributed by atoms with Crippen LogP contribution in [0.1, 0.15) is 45.1 Å². The van der Waals surface area contributed by atoms with E-state index in [1.54, 1.807) is 28.6 Å². The predicted octanol–water partition coefficient (Wildman–Crippen LogP) is 1.65. The zero-order chi connectivity index (χ0) is 18.5. The van der Waals surface area contributed by atoms with Crippen molar-refractivity contribution < 1.29 is 13.2 Å². The Bertz CT molecular complexity index is 673. The number of rotatable bonds is 7. The summed E-state index contributed by atoms with van der Waals surface area (Å²) in [5.74, 6) is -0.0523. The Morgan fingerprint density at radius 2 is 1.76 bits per heavy atom. The van der Waals surface area contributed by atoms with E-state index in [9.17, 15) is 13.2 Å². The van der Waals surface area contributed by atoms with Crippen molar-refractivity contribution in [2.75, 3.05) is 19.6 Å². The van der Waals surface area contributed by atoms with Gasteiger partial charge in [0.15, 0.2) is 0 Å². The monoisotopic (exact) mass is 367 g/mol. The van der Waals surface area contributed by atoms with E-state index in [4.69, 9.17) is 5.73 Å². The van der Waals surface area contributed by atoms with Gasteiger partial charge in [-0.15, -0.1) is 0 Å². The molecule has 1 aromatic rings. The molecule has 1 aliphatic heterocycles. The topological polar surface area (TPSA) is 92.5 Å². The van der Waals surface area contributed by atoms with Crippen molar-refractivity contribution in [3.05, 3.63) is 29.8 Å². The summed E-state index contributed by atoms with van der Waals surface area (Å²) in [7, 11) is -3.39. The van der Waals surface area contributed by atoms with E-state index in [0.717, 1.165) is 24.8 Å². The van der Waals surface area contributed by atoms with Crippen LogP contribution in [-0.2, 0) is 21.2 Å².